The van der Waals surface area contributed by atoms with Crippen LogP contribution in [-0.2, 0) is 13.0 Å². The fraction of sp³-hybridized carbons (Fsp3) is 0.455. The number of hydrogen-bond donors (Lipinski definition) is 3. The van der Waals surface area contributed by atoms with Gasteiger partial charge in [-0.3, -0.25) is 9.67 Å². The molecule has 0 spiro atoms. The highest BCUT2D eigenvalue weighted by molar-refractivity contribution is 14.0. The molecule has 3 aromatic rings. The van der Waals surface area contributed by atoms with Gasteiger partial charge in [-0.15, -0.1) is 24.0 Å². The van der Waals surface area contributed by atoms with Crippen molar-refractivity contribution >= 4 is 40.8 Å². The molecule has 0 bridgehead atoms. The van der Waals surface area contributed by atoms with Crippen LogP contribution in [0, 0.1) is 13.8 Å². The van der Waals surface area contributed by atoms with Crippen LogP contribution in [-0.4, -0.2) is 40.4 Å². The Hall–Kier alpha value is -2.03. The van der Waals surface area contributed by atoms with E-state index in [-0.39, 0.29) is 24.0 Å². The van der Waals surface area contributed by atoms with Crippen molar-refractivity contribution in [2.24, 2.45) is 4.99 Å². The summed E-state index contributed by atoms with van der Waals surface area (Å²) in [5.41, 5.74) is 4.88. The van der Waals surface area contributed by atoms with E-state index in [1.807, 2.05) is 6.92 Å². The van der Waals surface area contributed by atoms with Crippen LogP contribution in [0.4, 0.5) is 0 Å². The van der Waals surface area contributed by atoms with Crippen LogP contribution < -0.4 is 10.6 Å². The molecule has 29 heavy (non-hydrogen) atoms. The van der Waals surface area contributed by atoms with Crippen LogP contribution in [0.2, 0.25) is 0 Å². The third kappa shape index (κ3) is 6.76. The molecule has 0 unspecified atom stereocenters. The molecule has 2 aromatic heterocycles. The maximum absolute atomic E-state index is 4.70. The Morgan fingerprint density at radius 2 is 2.00 bits per heavy atom. The molecule has 2 heterocycles. The summed E-state index contributed by atoms with van der Waals surface area (Å²) in [5.74, 6) is 0.898. The molecule has 158 valence electrons. The summed E-state index contributed by atoms with van der Waals surface area (Å²) in [7, 11) is 0. The lowest BCUT2D eigenvalue weighted by Gasteiger charge is -2.11. The van der Waals surface area contributed by atoms with Crippen LogP contribution in [0.1, 0.15) is 36.7 Å². The Morgan fingerprint density at radius 1 is 1.17 bits per heavy atom. The van der Waals surface area contributed by atoms with Gasteiger partial charge in [-0.1, -0.05) is 18.2 Å². The maximum Gasteiger partial charge on any atom is 0.191 e. The van der Waals surface area contributed by atoms with Crippen LogP contribution >= 0.6 is 24.0 Å². The van der Waals surface area contributed by atoms with Crippen LogP contribution in [0.5, 0.6) is 0 Å². The van der Waals surface area contributed by atoms with E-state index in [1.165, 1.54) is 22.2 Å². The molecule has 0 amide bonds. The Labute approximate surface area is 190 Å². The lowest BCUT2D eigenvalue weighted by molar-refractivity contribution is 0.567. The van der Waals surface area contributed by atoms with Crippen molar-refractivity contribution in [1.82, 2.24) is 25.4 Å². The van der Waals surface area contributed by atoms with Gasteiger partial charge in [0.15, 0.2) is 5.96 Å². The highest BCUT2D eigenvalue weighted by Crippen LogP contribution is 2.18. The zero-order valence-corrected chi connectivity index (χ0v) is 20.0. The molecule has 0 radical (unpaired) electrons. The lowest BCUT2D eigenvalue weighted by atomic mass is 10.1. The largest absolute Gasteiger partial charge is 0.361 e. The first-order chi connectivity index (χ1) is 13.7. The minimum atomic E-state index is 0. The van der Waals surface area contributed by atoms with Crippen molar-refractivity contribution in [3.05, 3.63) is 53.5 Å². The van der Waals surface area contributed by atoms with E-state index in [4.69, 9.17) is 4.99 Å². The maximum atomic E-state index is 4.70. The number of aliphatic imine (C=N–C) groups is 1. The van der Waals surface area contributed by atoms with Gasteiger partial charge >= 0.3 is 0 Å². The molecule has 0 atom stereocenters. The lowest BCUT2D eigenvalue weighted by Crippen LogP contribution is -2.38. The van der Waals surface area contributed by atoms with Gasteiger partial charge in [-0.25, -0.2) is 0 Å². The van der Waals surface area contributed by atoms with Crippen molar-refractivity contribution < 1.29 is 0 Å². The number of aromatic amines is 1. The number of hydrogen-bond acceptors (Lipinski definition) is 2. The van der Waals surface area contributed by atoms with Crippen LogP contribution in [0.15, 0.2) is 41.5 Å². The molecule has 3 N–H and O–H groups in total. The summed E-state index contributed by atoms with van der Waals surface area (Å²) >= 11 is 0. The Balaban J connectivity index is 0.00000300. The van der Waals surface area contributed by atoms with Crippen molar-refractivity contribution in [3.8, 4) is 0 Å². The van der Waals surface area contributed by atoms with Gasteiger partial charge in [0.25, 0.3) is 0 Å². The van der Waals surface area contributed by atoms with Crippen molar-refractivity contribution in [2.45, 2.75) is 46.6 Å². The Kier molecular flexibility index (Phi) is 9.50. The highest BCUT2D eigenvalue weighted by Gasteiger charge is 2.03. The molecule has 0 aliphatic rings. The summed E-state index contributed by atoms with van der Waals surface area (Å²) in [4.78, 5) is 8.04. The monoisotopic (exact) mass is 508 g/mol. The molecule has 6 nitrogen and oxygen atoms in total. The quantitative estimate of drug-likeness (QED) is 0.176. The fourth-order valence-electron chi connectivity index (χ4n) is 3.48. The summed E-state index contributed by atoms with van der Waals surface area (Å²) in [6.07, 6.45) is 5.23. The normalized spacial score (nSPS) is 11.5. The van der Waals surface area contributed by atoms with E-state index in [0.29, 0.717) is 0 Å². The molecule has 0 aliphatic heterocycles. The third-order valence-corrected chi connectivity index (χ3v) is 4.84. The number of rotatable bonds is 9. The molecule has 3 rings (SSSR count). The SMILES string of the molecule is CCNC(=NCCCn1nc(C)cc1C)NCCCc1c[nH]c2ccccc12.I. The van der Waals surface area contributed by atoms with E-state index in [0.717, 1.165) is 57.1 Å². The first-order valence-corrected chi connectivity index (χ1v) is 10.3. The van der Waals surface area contributed by atoms with Crippen LogP contribution in [0.25, 0.3) is 10.9 Å². The third-order valence-electron chi connectivity index (χ3n) is 4.84. The molecule has 7 heteroatoms. The minimum Gasteiger partial charge on any atom is -0.361 e. The van der Waals surface area contributed by atoms with Gasteiger partial charge in [0.1, 0.15) is 0 Å². The number of benzene rings is 1. The van der Waals surface area contributed by atoms with E-state index in [2.05, 4.69) is 75.8 Å². The summed E-state index contributed by atoms with van der Waals surface area (Å²) in [6, 6.07) is 10.6. The fourth-order valence-corrected chi connectivity index (χ4v) is 3.48. The number of fused-ring (bicyclic) bond motifs is 1. The number of aromatic nitrogens is 3. The predicted molar refractivity (Wildman–Crippen MR) is 132 cm³/mol. The second-order valence-corrected chi connectivity index (χ2v) is 7.15. The zero-order chi connectivity index (χ0) is 19.8. The predicted octanol–water partition coefficient (Wildman–Crippen LogP) is 4.18. The van der Waals surface area contributed by atoms with Gasteiger partial charge in [-0.05, 0) is 57.7 Å². The van der Waals surface area contributed by atoms with E-state index < -0.39 is 0 Å². The first-order valence-electron chi connectivity index (χ1n) is 10.3. The number of aryl methyl sites for hydroxylation is 4. The Bertz CT molecular complexity index is 911. The molecule has 0 fully saturated rings. The smallest absolute Gasteiger partial charge is 0.191 e. The van der Waals surface area contributed by atoms with Gasteiger partial charge in [0.05, 0.1) is 5.69 Å². The average molecular weight is 508 g/mol. The van der Waals surface area contributed by atoms with Crippen molar-refractivity contribution in [2.75, 3.05) is 19.6 Å². The molecule has 0 saturated carbocycles. The number of nitrogens with zero attached hydrogens (tertiary/aromatic N) is 3. The van der Waals surface area contributed by atoms with E-state index in [9.17, 15) is 0 Å². The molecular weight excluding hydrogens is 475 g/mol. The van der Waals surface area contributed by atoms with Gasteiger partial charge in [-0.2, -0.15) is 5.10 Å². The Morgan fingerprint density at radius 3 is 2.76 bits per heavy atom. The molecule has 0 aliphatic carbocycles. The molecule has 0 saturated heterocycles. The average Bonchev–Trinajstić information content (AvgIpc) is 3.24. The highest BCUT2D eigenvalue weighted by atomic mass is 127. The summed E-state index contributed by atoms with van der Waals surface area (Å²) < 4.78 is 2.06. The summed E-state index contributed by atoms with van der Waals surface area (Å²) in [6.45, 7) is 9.69. The standard InChI is InChI=1S/C22H32N6.HI/c1-4-23-22(25-13-8-14-28-18(3)15-17(2)27-28)24-12-7-9-19-16-26-21-11-6-5-10-20(19)21;/h5-6,10-11,15-16,26H,4,7-9,12-14H2,1-3H3,(H2,23,24,25);1H. The zero-order valence-electron chi connectivity index (χ0n) is 17.7. The van der Waals surface area contributed by atoms with E-state index in [1.54, 1.807) is 0 Å². The van der Waals surface area contributed by atoms with Crippen LogP contribution in [0.3, 0.4) is 0 Å². The number of para-hydroxylation sites is 1. The van der Waals surface area contributed by atoms with Crippen molar-refractivity contribution in [3.63, 3.8) is 0 Å². The number of H-pyrrole nitrogens is 1. The summed E-state index contributed by atoms with van der Waals surface area (Å²) in [5, 5.41) is 12.6. The first kappa shape index (κ1) is 23.3. The van der Waals surface area contributed by atoms with E-state index >= 15 is 0 Å². The second kappa shape index (κ2) is 11.8. The number of halogens is 1. The molecular formula is C22H33IN6. The topological polar surface area (TPSA) is 70.0 Å². The van der Waals surface area contributed by atoms with Gasteiger partial charge in [0.2, 0.25) is 0 Å². The van der Waals surface area contributed by atoms with Gasteiger partial charge < -0.3 is 15.6 Å². The van der Waals surface area contributed by atoms with Crippen molar-refractivity contribution in [1.29, 1.82) is 0 Å². The minimum absolute atomic E-state index is 0. The van der Waals surface area contributed by atoms with Gasteiger partial charge in [0, 0.05) is 49.0 Å². The number of nitrogens with one attached hydrogen (secondary N) is 3. The second-order valence-electron chi connectivity index (χ2n) is 7.15. The molecule has 1 aromatic carbocycles. The number of guanidine groups is 1.